The van der Waals surface area contributed by atoms with Gasteiger partial charge in [-0.25, -0.2) is 13.2 Å². The smallest absolute Gasteiger partial charge is 1.00 e. The van der Waals surface area contributed by atoms with Gasteiger partial charge in [0.2, 0.25) is 0 Å². The zero-order valence-corrected chi connectivity index (χ0v) is 75.7. The molecule has 0 atom stereocenters. The molecule has 0 saturated heterocycles. The standard InChI is InChI=1S/C18H14BrFO.C16H10BrFO.C16H9BrO.C12H13BO3.C6H3BrFI.CH2Cl2.CH4NP.CH2O3.BBr3.FH.2K.H/c1-2-21-17-10-7-12-5-3-4-6-14(12)18(17)15-11-13(19)8-9-16(15)20;17-11-6-7-14(18)13(9-11)16-12-4-2-1-3-10(12)5-8-15(16)19;17-11-6-8-14-13(9-11)16-12-4-2-1-3-10(12)5-7-15(16)18-14;1-2-16-11-8-7-9-5-3-4-6-10(9)12(11)13(14)15;7-4-1-2-5(8)6(9)3-4;2-1-3;1-2-3;2-1-4-3;2-1(3)4;;;;/h3-11H,2H2,1H3;1-9,19H;1-9H;3-8,14-15H,2H2,1H3;1-3H;1H2;3H,1H3;1,3H;;1H;;;/q;;;;;;;;;;2*+1;-1/p-1. The van der Waals surface area contributed by atoms with Crippen LogP contribution in [-0.4, -0.2) is 57.5 Å². The number of aromatic hydroxyl groups is 1. The number of carbonyl (C=O) groups excluding carboxylic acids is 1. The Balaban J connectivity index is 0.000000605. The number of phenolic OH excluding ortho intramolecular Hbond substituents is 1. The first-order chi connectivity index (χ1) is 46.6. The van der Waals surface area contributed by atoms with Crippen LogP contribution in [0.15, 0.2) is 245 Å². The molecule has 100 heavy (non-hydrogen) atoms. The van der Waals surface area contributed by atoms with Crippen LogP contribution in [0, 0.1) is 21.0 Å². The van der Waals surface area contributed by atoms with Crippen molar-refractivity contribution in [1.82, 2.24) is 0 Å². The number of ether oxygens (including phenoxy) is 2. The van der Waals surface area contributed by atoms with Gasteiger partial charge in [-0.1, -0.05) is 185 Å². The minimum absolute atomic E-state index is 0. The van der Waals surface area contributed by atoms with Crippen LogP contribution in [0.4, 0.5) is 17.9 Å². The van der Waals surface area contributed by atoms with E-state index in [0.29, 0.717) is 50.4 Å². The van der Waals surface area contributed by atoms with Gasteiger partial charge >= 0.3 is 113 Å². The summed E-state index contributed by atoms with van der Waals surface area (Å²) >= 11 is 34.3. The van der Waals surface area contributed by atoms with Gasteiger partial charge in [0.25, 0.3) is 6.47 Å². The number of nitrogens with zero attached hydrogens (tertiary/aromatic N) is 1. The Morgan fingerprint density at radius 1 is 0.560 bits per heavy atom. The molecule has 12 aromatic carbocycles. The summed E-state index contributed by atoms with van der Waals surface area (Å²) in [7, 11) is 2.95. The van der Waals surface area contributed by atoms with Crippen molar-refractivity contribution in [2.45, 2.75) is 13.8 Å². The van der Waals surface area contributed by atoms with Crippen molar-refractivity contribution < 1.29 is 166 Å². The largest absolute Gasteiger partial charge is 1.00 e. The van der Waals surface area contributed by atoms with Crippen molar-refractivity contribution >= 4 is 253 Å². The summed E-state index contributed by atoms with van der Waals surface area (Å²) < 4.78 is 65.6. The number of phenols is 1. The molecule has 1 heterocycles. The molecule has 29 heteroatoms. The minimum Gasteiger partial charge on any atom is -1.00 e. The average molecular weight is 2030 g/mol. The molecular formula is C71H58B2Br7Cl2F4IK2NO9P. The van der Waals surface area contributed by atoms with Gasteiger partial charge in [-0.3, -0.25) is 14.2 Å². The predicted molar refractivity (Wildman–Crippen MR) is 434 cm³/mol. The van der Waals surface area contributed by atoms with Crippen molar-refractivity contribution in [2.75, 3.05) is 25.6 Å². The number of furan rings is 1. The second-order valence-corrected chi connectivity index (χ2v) is 31.8. The van der Waals surface area contributed by atoms with E-state index in [1.807, 2.05) is 152 Å². The van der Waals surface area contributed by atoms with E-state index in [2.05, 4.69) is 166 Å². The first kappa shape index (κ1) is 94.2. The molecule has 0 unspecified atom stereocenters. The van der Waals surface area contributed by atoms with Gasteiger partial charge in [0, 0.05) is 67.0 Å². The van der Waals surface area contributed by atoms with Crippen molar-refractivity contribution in [3.63, 3.8) is 0 Å². The van der Waals surface area contributed by atoms with E-state index >= 15 is 0 Å². The molecule has 0 aliphatic heterocycles. The fourth-order valence-corrected chi connectivity index (χ4v) is 11.9. The third-order valence-electron chi connectivity index (χ3n) is 13.2. The number of benzene rings is 12. The third kappa shape index (κ3) is 29.0. The number of hydrogen-bond donors (Lipinski definition) is 3. The summed E-state index contributed by atoms with van der Waals surface area (Å²) in [6, 6.07) is 67.3. The maximum atomic E-state index is 14.3. The van der Waals surface area contributed by atoms with Crippen LogP contribution in [0.5, 0.6) is 17.2 Å². The number of rotatable bonds is 8. The Bertz CT molecular complexity index is 4740. The molecule has 0 aliphatic rings. The van der Waals surface area contributed by atoms with E-state index < -0.39 is 7.12 Å². The number of hydrogen-bond acceptors (Lipinski definition) is 10. The number of fused-ring (bicyclic) bond motifs is 8. The maximum absolute atomic E-state index is 14.3. The molecule has 0 spiro atoms. The fraction of sp³-hybridized carbons (Fsp3) is 0.0845. The number of alkyl halides is 2. The van der Waals surface area contributed by atoms with E-state index in [-0.39, 0.29) is 147 Å². The fourth-order valence-electron chi connectivity index (χ4n) is 9.54. The molecule has 0 radical (unpaired) electrons. The molecule has 3 N–H and O–H groups in total. The Kier molecular flexibility index (Phi) is 47.7. The zero-order valence-electron chi connectivity index (χ0n) is 54.7. The van der Waals surface area contributed by atoms with E-state index in [1.54, 1.807) is 55.6 Å². The molecule has 13 rings (SSSR count). The first-order valence-electron chi connectivity index (χ1n) is 28.5. The average Bonchev–Trinajstić information content (AvgIpc) is 1.70. The molecule has 512 valence electrons. The van der Waals surface area contributed by atoms with Gasteiger partial charge in [0.1, 0.15) is 45.9 Å². The molecular weight excluding hydrogens is 1970 g/mol. The quantitative estimate of drug-likeness (QED) is 0.0155. The summed E-state index contributed by atoms with van der Waals surface area (Å²) in [6.45, 7) is 4.65. The normalized spacial score (nSPS) is 9.75. The predicted octanol–water partition coefficient (Wildman–Crippen LogP) is 17.8. The second-order valence-electron chi connectivity index (χ2n) is 19.3. The Morgan fingerprint density at radius 2 is 0.920 bits per heavy atom. The van der Waals surface area contributed by atoms with Gasteiger partial charge in [-0.2, -0.15) is 0 Å². The molecule has 0 saturated carbocycles. The second kappa shape index (κ2) is 50.6. The van der Waals surface area contributed by atoms with Crippen LogP contribution in [0.1, 0.15) is 15.3 Å². The van der Waals surface area contributed by atoms with Crippen molar-refractivity contribution in [1.29, 1.82) is 0 Å². The molecule has 1 aromatic heterocycles. The van der Waals surface area contributed by atoms with Crippen LogP contribution < -0.4 is 123 Å². The summed E-state index contributed by atoms with van der Waals surface area (Å²) in [5, 5.41) is 48.0. The Labute approximate surface area is 748 Å². The van der Waals surface area contributed by atoms with Gasteiger partial charge < -0.3 is 40.6 Å². The third-order valence-corrected chi connectivity index (χ3v) is 16.0. The van der Waals surface area contributed by atoms with Crippen molar-refractivity contribution in [3.8, 4) is 39.5 Å². The van der Waals surface area contributed by atoms with Crippen LogP contribution in [0.3, 0.4) is 0 Å². The summed E-state index contributed by atoms with van der Waals surface area (Å²) in [6.07, 6.45) is 0. The van der Waals surface area contributed by atoms with E-state index in [0.717, 1.165) is 72.3 Å². The monoisotopic (exact) mass is 2020 g/mol. The summed E-state index contributed by atoms with van der Waals surface area (Å²) in [5.74, 6) is 0.532. The molecule has 0 bridgehead atoms. The first-order valence-corrected chi connectivity index (χ1v) is 37.0. The molecule has 0 fully saturated rings. The van der Waals surface area contributed by atoms with E-state index in [9.17, 15) is 28.3 Å². The SMILES string of the molecule is BrB(Br)Br.Brc1ccc2oc3ccc4ccccc4c3c2c1.CCOc1ccc2ccccc2c1-c1cc(Br)ccc1F.CCOc1ccc2ccccc2c1B(O)O.CN=P.ClCCl.F.Fc1ccc(Br)cc1I.O=CO[O-].Oc1ccc2ccccc2c1-c1cc(Br)ccc1F.[H-].[K+].[K+]. The summed E-state index contributed by atoms with van der Waals surface area (Å²) in [4.78, 5) is 11.2. The molecule has 13 aromatic rings. The van der Waals surface area contributed by atoms with E-state index in [4.69, 9.17) is 47.1 Å². The van der Waals surface area contributed by atoms with Gasteiger partial charge in [0.15, 0.2) is 0 Å². The molecule has 0 aliphatic carbocycles. The van der Waals surface area contributed by atoms with E-state index in [1.165, 1.54) is 34.4 Å². The summed E-state index contributed by atoms with van der Waals surface area (Å²) in [5.41, 5.74) is 4.57. The molecule has 0 amide bonds. The van der Waals surface area contributed by atoms with Crippen LogP contribution in [-0.2, 0) is 9.68 Å². The van der Waals surface area contributed by atoms with Crippen LogP contribution in [0.2, 0.25) is 0 Å². The number of carbonyl (C=O) groups is 1. The van der Waals surface area contributed by atoms with Gasteiger partial charge in [-0.15, -0.1) is 70.5 Å². The maximum Gasteiger partial charge on any atom is 1.00 e. The Hall–Kier alpha value is -1.88. The topological polar surface area (TPSA) is 154 Å². The zero-order chi connectivity index (χ0) is 71.1. The minimum atomic E-state index is -1.52. The van der Waals surface area contributed by atoms with Crippen molar-refractivity contribution in [2.24, 2.45) is 4.74 Å². The molecule has 10 nitrogen and oxygen atoms in total. The van der Waals surface area contributed by atoms with Crippen LogP contribution in [0.25, 0.3) is 87.3 Å². The number of halogens is 14. The van der Waals surface area contributed by atoms with Gasteiger partial charge in [-0.05, 0) is 186 Å². The van der Waals surface area contributed by atoms with Crippen LogP contribution >= 0.6 is 166 Å². The van der Waals surface area contributed by atoms with Crippen molar-refractivity contribution in [3.05, 3.63) is 257 Å². The Morgan fingerprint density at radius 3 is 1.39 bits per heavy atom. The van der Waals surface area contributed by atoms with Gasteiger partial charge in [0.05, 0.1) is 18.6 Å².